The van der Waals surface area contributed by atoms with Crippen molar-refractivity contribution in [1.29, 1.82) is 0 Å². The molecule has 1 aliphatic carbocycles. The Morgan fingerprint density at radius 2 is 1.70 bits per heavy atom. The van der Waals surface area contributed by atoms with E-state index >= 15 is 0 Å². The maximum atomic E-state index is 12.4. The molecule has 4 rings (SSSR count). The van der Waals surface area contributed by atoms with Crippen LogP contribution in [-0.2, 0) is 5.41 Å². The highest BCUT2D eigenvalue weighted by atomic mass is 16.2. The minimum Gasteiger partial charge on any atom is -0.337 e. The number of carbonyl (C=O) groups excluding carboxylic acids is 1. The zero-order valence-electron chi connectivity index (χ0n) is 15.4. The highest BCUT2D eigenvalue weighted by Crippen LogP contribution is 2.41. The van der Waals surface area contributed by atoms with Crippen molar-refractivity contribution in [3.63, 3.8) is 0 Å². The van der Waals surface area contributed by atoms with Gasteiger partial charge in [-0.25, -0.2) is 9.78 Å². The second-order valence-electron chi connectivity index (χ2n) is 7.39. The van der Waals surface area contributed by atoms with Gasteiger partial charge in [0.25, 0.3) is 0 Å². The molecular formula is C23H25N3O. The number of pyridine rings is 1. The number of nitrogens with one attached hydrogen (secondary N) is 2. The van der Waals surface area contributed by atoms with Crippen molar-refractivity contribution in [2.24, 2.45) is 0 Å². The number of carbonyl (C=O) groups is 1. The zero-order chi connectivity index (χ0) is 18.5. The van der Waals surface area contributed by atoms with E-state index < -0.39 is 0 Å². The fraction of sp³-hybridized carbons (Fsp3) is 0.304. The van der Waals surface area contributed by atoms with Crippen LogP contribution in [0.2, 0.25) is 0 Å². The summed E-state index contributed by atoms with van der Waals surface area (Å²) in [5.74, 6) is 0.567. The molecule has 27 heavy (non-hydrogen) atoms. The number of benzene rings is 2. The molecule has 1 aliphatic rings. The summed E-state index contributed by atoms with van der Waals surface area (Å²) >= 11 is 0. The first kappa shape index (κ1) is 17.5. The lowest BCUT2D eigenvalue weighted by Crippen LogP contribution is -2.43. The molecule has 3 aromatic rings. The molecule has 4 nitrogen and oxygen atoms in total. The highest BCUT2D eigenvalue weighted by molar-refractivity contribution is 5.89. The van der Waals surface area contributed by atoms with E-state index in [-0.39, 0.29) is 11.4 Å². The molecule has 2 aromatic carbocycles. The van der Waals surface area contributed by atoms with E-state index in [4.69, 9.17) is 0 Å². The van der Waals surface area contributed by atoms with Crippen LogP contribution < -0.4 is 10.6 Å². The quantitative estimate of drug-likeness (QED) is 0.668. The molecule has 0 atom stereocenters. The summed E-state index contributed by atoms with van der Waals surface area (Å²) in [5.41, 5.74) is 1.35. The van der Waals surface area contributed by atoms with E-state index in [1.54, 1.807) is 12.3 Å². The molecule has 0 aliphatic heterocycles. The van der Waals surface area contributed by atoms with Crippen molar-refractivity contribution < 1.29 is 4.79 Å². The third-order valence-electron chi connectivity index (χ3n) is 5.67. The van der Waals surface area contributed by atoms with Crippen molar-refractivity contribution in [1.82, 2.24) is 10.3 Å². The Hall–Kier alpha value is -2.88. The SMILES string of the molecule is O=C(NCC1(c2cccc3ccccc23)CCCCC1)Nc1ccccn1. The highest BCUT2D eigenvalue weighted by Gasteiger charge is 2.35. The Kier molecular flexibility index (Phi) is 5.05. The van der Waals surface area contributed by atoms with Crippen molar-refractivity contribution in [2.75, 3.05) is 11.9 Å². The average Bonchev–Trinajstić information content (AvgIpc) is 2.73. The lowest BCUT2D eigenvalue weighted by molar-refractivity contribution is 0.240. The summed E-state index contributed by atoms with van der Waals surface area (Å²) in [6, 6.07) is 20.4. The van der Waals surface area contributed by atoms with Gasteiger partial charge in [0.1, 0.15) is 5.82 Å². The van der Waals surface area contributed by atoms with Crippen molar-refractivity contribution in [3.8, 4) is 0 Å². The Balaban J connectivity index is 1.58. The summed E-state index contributed by atoms with van der Waals surface area (Å²) in [4.78, 5) is 16.6. The molecule has 1 fully saturated rings. The molecule has 0 unspecified atom stereocenters. The van der Waals surface area contributed by atoms with Gasteiger partial charge < -0.3 is 5.32 Å². The van der Waals surface area contributed by atoms with Crippen LogP contribution in [0.1, 0.15) is 37.7 Å². The standard InChI is InChI=1S/C23H25N3O/c27-22(26-21-13-4-7-16-24-21)25-17-23(14-5-1-6-15-23)20-12-8-10-18-9-2-3-11-19(18)20/h2-4,7-13,16H,1,5-6,14-15,17H2,(H2,24,25,26,27). The van der Waals surface area contributed by atoms with E-state index in [9.17, 15) is 4.79 Å². The lowest BCUT2D eigenvalue weighted by Gasteiger charge is -2.39. The fourth-order valence-corrected chi connectivity index (χ4v) is 4.30. The smallest absolute Gasteiger partial charge is 0.320 e. The number of amides is 2. The van der Waals surface area contributed by atoms with Gasteiger partial charge in [0.15, 0.2) is 0 Å². The van der Waals surface area contributed by atoms with Crippen LogP contribution in [0.4, 0.5) is 10.6 Å². The Morgan fingerprint density at radius 1 is 0.926 bits per heavy atom. The molecule has 1 heterocycles. The van der Waals surface area contributed by atoms with Gasteiger partial charge in [0.2, 0.25) is 0 Å². The second-order valence-corrected chi connectivity index (χ2v) is 7.39. The first-order valence-corrected chi connectivity index (χ1v) is 9.71. The number of hydrogen-bond acceptors (Lipinski definition) is 2. The summed E-state index contributed by atoms with van der Waals surface area (Å²) in [6.07, 6.45) is 7.55. The Labute approximate surface area is 160 Å². The van der Waals surface area contributed by atoms with E-state index in [2.05, 4.69) is 58.1 Å². The molecule has 138 valence electrons. The fourth-order valence-electron chi connectivity index (χ4n) is 4.30. The molecule has 1 saturated carbocycles. The molecule has 0 radical (unpaired) electrons. The normalized spacial score (nSPS) is 16.0. The number of fused-ring (bicyclic) bond motifs is 1. The zero-order valence-corrected chi connectivity index (χ0v) is 15.4. The third kappa shape index (κ3) is 3.80. The van der Waals surface area contributed by atoms with Crippen molar-refractivity contribution in [3.05, 3.63) is 72.4 Å². The van der Waals surface area contributed by atoms with E-state index in [1.807, 2.05) is 12.1 Å². The first-order chi connectivity index (χ1) is 13.3. The topological polar surface area (TPSA) is 54.0 Å². The van der Waals surface area contributed by atoms with Crippen LogP contribution in [0.15, 0.2) is 66.9 Å². The molecule has 0 spiro atoms. The largest absolute Gasteiger partial charge is 0.337 e. The van der Waals surface area contributed by atoms with Crippen LogP contribution in [-0.4, -0.2) is 17.6 Å². The van der Waals surface area contributed by atoms with Gasteiger partial charge in [0.05, 0.1) is 0 Å². The average molecular weight is 359 g/mol. The van der Waals surface area contributed by atoms with Gasteiger partial charge in [-0.05, 0) is 41.3 Å². The van der Waals surface area contributed by atoms with Gasteiger partial charge in [-0.1, -0.05) is 67.8 Å². The minimum atomic E-state index is -0.195. The number of rotatable bonds is 4. The Bertz CT molecular complexity index is 912. The van der Waals surface area contributed by atoms with Gasteiger partial charge in [0, 0.05) is 18.2 Å². The number of anilines is 1. The van der Waals surface area contributed by atoms with Crippen molar-refractivity contribution >= 4 is 22.6 Å². The van der Waals surface area contributed by atoms with Gasteiger partial charge in [-0.3, -0.25) is 5.32 Å². The van der Waals surface area contributed by atoms with Crippen molar-refractivity contribution in [2.45, 2.75) is 37.5 Å². The molecule has 2 amide bonds. The molecule has 0 bridgehead atoms. The minimum absolute atomic E-state index is 0.0133. The lowest BCUT2D eigenvalue weighted by atomic mass is 9.68. The monoisotopic (exact) mass is 359 g/mol. The predicted octanol–water partition coefficient (Wildman–Crippen LogP) is 5.26. The molecule has 4 heteroatoms. The maximum Gasteiger partial charge on any atom is 0.320 e. The van der Waals surface area contributed by atoms with Crippen LogP contribution in [0.3, 0.4) is 0 Å². The maximum absolute atomic E-state index is 12.4. The Morgan fingerprint density at radius 3 is 2.52 bits per heavy atom. The summed E-state index contributed by atoms with van der Waals surface area (Å²) in [5, 5.41) is 8.50. The summed E-state index contributed by atoms with van der Waals surface area (Å²) in [6.45, 7) is 0.639. The van der Waals surface area contributed by atoms with Crippen LogP contribution in [0.5, 0.6) is 0 Å². The van der Waals surface area contributed by atoms with E-state index in [0.29, 0.717) is 12.4 Å². The number of urea groups is 1. The summed E-state index contributed by atoms with van der Waals surface area (Å²) in [7, 11) is 0. The van der Waals surface area contributed by atoms with Crippen LogP contribution in [0.25, 0.3) is 10.8 Å². The van der Waals surface area contributed by atoms with Gasteiger partial charge in [-0.15, -0.1) is 0 Å². The van der Waals surface area contributed by atoms with Gasteiger partial charge in [-0.2, -0.15) is 0 Å². The molecule has 0 saturated heterocycles. The molecule has 1 aromatic heterocycles. The number of aromatic nitrogens is 1. The van der Waals surface area contributed by atoms with Crippen LogP contribution >= 0.6 is 0 Å². The van der Waals surface area contributed by atoms with Crippen LogP contribution in [0, 0.1) is 0 Å². The summed E-state index contributed by atoms with van der Waals surface area (Å²) < 4.78 is 0. The molecule has 2 N–H and O–H groups in total. The number of hydrogen-bond donors (Lipinski definition) is 2. The third-order valence-corrected chi connectivity index (χ3v) is 5.67. The number of nitrogens with zero attached hydrogens (tertiary/aromatic N) is 1. The van der Waals surface area contributed by atoms with E-state index in [1.165, 1.54) is 35.6 Å². The van der Waals surface area contributed by atoms with Gasteiger partial charge >= 0.3 is 6.03 Å². The second kappa shape index (κ2) is 7.78. The molecular weight excluding hydrogens is 334 g/mol. The predicted molar refractivity (Wildman–Crippen MR) is 110 cm³/mol. The van der Waals surface area contributed by atoms with E-state index in [0.717, 1.165) is 12.8 Å². The first-order valence-electron chi connectivity index (χ1n) is 9.71.